The Morgan fingerprint density at radius 2 is 1.76 bits per heavy atom. The maximum absolute atomic E-state index is 15.2. The van der Waals surface area contributed by atoms with Gasteiger partial charge in [-0.1, -0.05) is 25.6 Å². The predicted molar refractivity (Wildman–Crippen MR) is 155 cm³/mol. The van der Waals surface area contributed by atoms with Crippen molar-refractivity contribution in [2.75, 3.05) is 69.2 Å². The third-order valence-corrected chi connectivity index (χ3v) is 7.82. The van der Waals surface area contributed by atoms with Crippen LogP contribution in [0.3, 0.4) is 0 Å². The number of halogens is 4. The highest BCUT2D eigenvalue weighted by Gasteiger charge is 2.40. The number of nitrogens with zero attached hydrogens (tertiary/aromatic N) is 3. The topological polar surface area (TPSA) is 60.1 Å². The van der Waals surface area contributed by atoms with Crippen molar-refractivity contribution in [2.24, 2.45) is 0 Å². The number of carbonyl (C=O) groups is 1. The van der Waals surface area contributed by atoms with Crippen molar-refractivity contribution in [3.63, 3.8) is 0 Å². The molecule has 7 nitrogen and oxygen atoms in total. The second kappa shape index (κ2) is 12.7. The summed E-state index contributed by atoms with van der Waals surface area (Å²) in [6.45, 7) is 13.0. The molecule has 0 unspecified atom stereocenters. The van der Waals surface area contributed by atoms with E-state index in [1.54, 1.807) is 30.3 Å². The minimum Gasteiger partial charge on any atom is -0.379 e. The van der Waals surface area contributed by atoms with E-state index in [0.717, 1.165) is 50.6 Å². The van der Waals surface area contributed by atoms with Gasteiger partial charge < -0.3 is 25.2 Å². The highest BCUT2D eigenvalue weighted by Crippen LogP contribution is 2.37. The highest BCUT2D eigenvalue weighted by molar-refractivity contribution is 6.09. The summed E-state index contributed by atoms with van der Waals surface area (Å²) in [5.74, 6) is -1.35. The van der Waals surface area contributed by atoms with E-state index in [0.29, 0.717) is 55.3 Å². The zero-order valence-electron chi connectivity index (χ0n) is 23.6. The average molecular weight is 586 g/mol. The van der Waals surface area contributed by atoms with Gasteiger partial charge in [-0.15, -0.1) is 0 Å². The van der Waals surface area contributed by atoms with Gasteiger partial charge >= 0.3 is 6.18 Å². The average Bonchev–Trinajstić information content (AvgIpc) is 2.98. The summed E-state index contributed by atoms with van der Waals surface area (Å²) in [5, 5.41) is 5.32. The molecule has 2 saturated heterocycles. The maximum atomic E-state index is 15.2. The zero-order chi connectivity index (χ0) is 29.9. The minimum absolute atomic E-state index is 0.0304. The Hall–Kier alpha value is -3.67. The summed E-state index contributed by atoms with van der Waals surface area (Å²) < 4.78 is 62.1. The number of carbonyl (C=O) groups excluding carboxylic acids is 1. The molecule has 224 valence electrons. The molecule has 3 heterocycles. The first-order valence-electron chi connectivity index (χ1n) is 14.1. The normalized spacial score (nSPS) is 18.8. The SMILES string of the molecule is C=C1C=C(C(F)(F)F)C(C(=O)Nc2cc(-c3cc(CN4CCOCC4)ccc3F)ccc2N2CCN(CC)CC2)=CN1. The van der Waals surface area contributed by atoms with E-state index in [4.69, 9.17) is 4.74 Å². The maximum Gasteiger partial charge on any atom is 0.417 e. The third kappa shape index (κ3) is 6.86. The molecule has 2 aromatic carbocycles. The van der Waals surface area contributed by atoms with Crippen LogP contribution in [0.4, 0.5) is 28.9 Å². The van der Waals surface area contributed by atoms with E-state index in [9.17, 15) is 18.0 Å². The van der Waals surface area contributed by atoms with Gasteiger partial charge in [-0.05, 0) is 48.0 Å². The lowest BCUT2D eigenvalue weighted by molar-refractivity contribution is -0.115. The van der Waals surface area contributed by atoms with E-state index in [1.165, 1.54) is 6.07 Å². The molecule has 0 atom stereocenters. The first-order chi connectivity index (χ1) is 20.1. The van der Waals surface area contributed by atoms with Crippen LogP contribution >= 0.6 is 0 Å². The van der Waals surface area contributed by atoms with E-state index >= 15 is 4.39 Å². The monoisotopic (exact) mass is 585 g/mol. The number of piperazine rings is 1. The van der Waals surface area contributed by atoms with Crippen molar-refractivity contribution in [1.29, 1.82) is 0 Å². The molecule has 42 heavy (non-hydrogen) atoms. The molecule has 0 aromatic heterocycles. The number of morpholine rings is 1. The van der Waals surface area contributed by atoms with Gasteiger partial charge in [-0.25, -0.2) is 4.39 Å². The minimum atomic E-state index is -4.75. The Balaban J connectivity index is 1.48. The van der Waals surface area contributed by atoms with Crippen LogP contribution in [0.25, 0.3) is 11.1 Å². The number of allylic oxidation sites excluding steroid dienone is 1. The predicted octanol–water partition coefficient (Wildman–Crippen LogP) is 4.89. The lowest BCUT2D eigenvalue weighted by Crippen LogP contribution is -2.46. The second-order valence-corrected chi connectivity index (χ2v) is 10.6. The van der Waals surface area contributed by atoms with Gasteiger partial charge in [0.2, 0.25) is 0 Å². The van der Waals surface area contributed by atoms with Gasteiger partial charge in [-0.2, -0.15) is 13.2 Å². The number of hydrogen-bond acceptors (Lipinski definition) is 6. The van der Waals surface area contributed by atoms with E-state index in [1.807, 2.05) is 0 Å². The van der Waals surface area contributed by atoms with Crippen LogP contribution in [0.2, 0.25) is 0 Å². The molecule has 5 rings (SSSR count). The van der Waals surface area contributed by atoms with Crippen LogP contribution in [-0.4, -0.2) is 80.9 Å². The van der Waals surface area contributed by atoms with Crippen molar-refractivity contribution < 1.29 is 27.1 Å². The van der Waals surface area contributed by atoms with Crippen LogP contribution in [0, 0.1) is 5.82 Å². The molecule has 3 aliphatic heterocycles. The van der Waals surface area contributed by atoms with Gasteiger partial charge in [0.1, 0.15) is 5.82 Å². The lowest BCUT2D eigenvalue weighted by Gasteiger charge is -2.36. The Morgan fingerprint density at radius 3 is 2.45 bits per heavy atom. The molecule has 0 bridgehead atoms. The largest absolute Gasteiger partial charge is 0.417 e. The quantitative estimate of drug-likeness (QED) is 0.452. The van der Waals surface area contributed by atoms with E-state index in [2.05, 4.69) is 38.8 Å². The Labute approximate surface area is 243 Å². The van der Waals surface area contributed by atoms with Crippen molar-refractivity contribution in [3.05, 3.63) is 83.5 Å². The summed E-state index contributed by atoms with van der Waals surface area (Å²) in [4.78, 5) is 20.0. The molecule has 2 N–H and O–H groups in total. The van der Waals surface area contributed by atoms with E-state index < -0.39 is 29.0 Å². The third-order valence-electron chi connectivity index (χ3n) is 7.82. The molecular weight excluding hydrogens is 550 g/mol. The molecule has 3 aliphatic rings. The van der Waals surface area contributed by atoms with Crippen molar-refractivity contribution in [1.82, 2.24) is 15.1 Å². The van der Waals surface area contributed by atoms with Crippen molar-refractivity contribution >= 4 is 17.3 Å². The van der Waals surface area contributed by atoms with Crippen LogP contribution < -0.4 is 15.5 Å². The molecule has 0 aliphatic carbocycles. The van der Waals surface area contributed by atoms with Gasteiger partial charge in [0, 0.05) is 63.3 Å². The van der Waals surface area contributed by atoms with Gasteiger partial charge in [-0.3, -0.25) is 9.69 Å². The van der Waals surface area contributed by atoms with Crippen LogP contribution in [0.1, 0.15) is 12.5 Å². The fourth-order valence-electron chi connectivity index (χ4n) is 5.44. The smallest absolute Gasteiger partial charge is 0.379 e. The Bertz CT molecular complexity index is 1390. The molecule has 2 aromatic rings. The molecule has 1 amide bonds. The fourth-order valence-corrected chi connectivity index (χ4v) is 5.44. The Morgan fingerprint density at radius 1 is 1.02 bits per heavy atom. The summed E-state index contributed by atoms with van der Waals surface area (Å²) in [5.41, 5.74) is 1.16. The van der Waals surface area contributed by atoms with Gasteiger partial charge in [0.05, 0.1) is 35.7 Å². The van der Waals surface area contributed by atoms with Crippen molar-refractivity contribution in [3.8, 4) is 11.1 Å². The number of rotatable bonds is 7. The standard InChI is InChI=1S/C31H35F4N5O2/c1-3-38-8-10-40(11-9-38)29-7-5-23(24-17-22(4-6-27(24)32)20-39-12-14-42-15-13-39)18-28(29)37-30(41)25-19-36-21(2)16-26(25)31(33,34)35/h4-7,16-19,36H,2-3,8-15,20H2,1H3,(H,37,41). The summed E-state index contributed by atoms with van der Waals surface area (Å²) in [6.07, 6.45) is -2.93. The first-order valence-corrected chi connectivity index (χ1v) is 14.1. The summed E-state index contributed by atoms with van der Waals surface area (Å²) in [6, 6.07) is 10.2. The molecule has 0 spiro atoms. The number of nitrogens with one attached hydrogen (secondary N) is 2. The molecule has 0 radical (unpaired) electrons. The molecule has 2 fully saturated rings. The number of benzene rings is 2. The number of hydrogen-bond donors (Lipinski definition) is 2. The molecule has 11 heteroatoms. The number of ether oxygens (including phenoxy) is 1. The molecule has 0 saturated carbocycles. The number of amides is 1. The number of alkyl halides is 3. The van der Waals surface area contributed by atoms with Crippen LogP contribution in [-0.2, 0) is 16.1 Å². The van der Waals surface area contributed by atoms with Gasteiger partial charge in [0.25, 0.3) is 5.91 Å². The lowest BCUT2D eigenvalue weighted by atomic mass is 9.99. The highest BCUT2D eigenvalue weighted by atomic mass is 19.4. The second-order valence-electron chi connectivity index (χ2n) is 10.6. The zero-order valence-corrected chi connectivity index (χ0v) is 23.6. The first kappa shape index (κ1) is 29.8. The number of dihydropyridines is 1. The Kier molecular flexibility index (Phi) is 9.00. The molecular formula is C31H35F4N5O2. The van der Waals surface area contributed by atoms with E-state index in [-0.39, 0.29) is 5.70 Å². The number of anilines is 2. The fraction of sp³-hybridized carbons (Fsp3) is 0.387. The number of likely N-dealkylation sites (N-methyl/N-ethyl adjacent to an activating group) is 1. The summed E-state index contributed by atoms with van der Waals surface area (Å²) >= 11 is 0. The van der Waals surface area contributed by atoms with Crippen LogP contribution in [0.5, 0.6) is 0 Å². The van der Waals surface area contributed by atoms with Crippen LogP contribution in [0.15, 0.2) is 72.1 Å². The van der Waals surface area contributed by atoms with Gasteiger partial charge in [0.15, 0.2) is 0 Å². The summed E-state index contributed by atoms with van der Waals surface area (Å²) in [7, 11) is 0. The van der Waals surface area contributed by atoms with Crippen molar-refractivity contribution in [2.45, 2.75) is 19.6 Å².